The minimum Gasteiger partial charge on any atom is -0.434 e. The summed E-state index contributed by atoms with van der Waals surface area (Å²) in [6.07, 6.45) is 0. The molecule has 0 aliphatic rings. The summed E-state index contributed by atoms with van der Waals surface area (Å²) in [4.78, 5) is 11.2. The van der Waals surface area contributed by atoms with Gasteiger partial charge in [0.2, 0.25) is 5.88 Å². The fraction of sp³-hybridized carbons (Fsp3) is 0.444. The average molecular weight is 261 g/mol. The van der Waals surface area contributed by atoms with E-state index in [0.717, 1.165) is 0 Å². The lowest BCUT2D eigenvalue weighted by atomic mass is 10.2. The van der Waals surface area contributed by atoms with Gasteiger partial charge in [-0.25, -0.2) is 4.79 Å². The van der Waals surface area contributed by atoms with Crippen LogP contribution in [0.5, 0.6) is 0 Å². The molecule has 0 aliphatic heterocycles. The lowest BCUT2D eigenvalue weighted by Crippen LogP contribution is -2.31. The molecule has 1 aromatic rings. The number of hydrogen-bond donors (Lipinski definition) is 2. The van der Waals surface area contributed by atoms with Crippen molar-refractivity contribution < 1.29 is 9.21 Å². The highest BCUT2D eigenvalue weighted by molar-refractivity contribution is 9.10. The largest absolute Gasteiger partial charge is 0.434 e. The summed E-state index contributed by atoms with van der Waals surface area (Å²) >= 11 is 3.15. The van der Waals surface area contributed by atoms with Crippen LogP contribution < -0.4 is 10.6 Å². The van der Waals surface area contributed by atoms with Crippen molar-refractivity contribution in [3.8, 4) is 0 Å². The molecule has 0 fully saturated rings. The molecule has 0 aromatic carbocycles. The topological polar surface area (TPSA) is 54.3 Å². The summed E-state index contributed by atoms with van der Waals surface area (Å²) in [6, 6.07) is 3.15. The van der Waals surface area contributed by atoms with Crippen LogP contribution in [0.3, 0.4) is 0 Å². The fourth-order valence-electron chi connectivity index (χ4n) is 0.834. The Hall–Kier alpha value is -0.970. The van der Waals surface area contributed by atoms with Gasteiger partial charge in [-0.05, 0) is 27.9 Å². The molecule has 2 amide bonds. The van der Waals surface area contributed by atoms with Crippen molar-refractivity contribution in [2.45, 2.75) is 13.8 Å². The highest BCUT2D eigenvalue weighted by Crippen LogP contribution is 2.17. The van der Waals surface area contributed by atoms with E-state index in [2.05, 4.69) is 26.6 Å². The Kier molecular flexibility index (Phi) is 4.00. The van der Waals surface area contributed by atoms with Gasteiger partial charge in [-0.3, -0.25) is 5.32 Å². The van der Waals surface area contributed by atoms with Crippen LogP contribution in [0.4, 0.5) is 10.7 Å². The second-order valence-corrected chi connectivity index (χ2v) is 4.11. The second-order valence-electron chi connectivity index (χ2n) is 3.33. The molecule has 5 heteroatoms. The van der Waals surface area contributed by atoms with Crippen molar-refractivity contribution in [1.82, 2.24) is 5.32 Å². The predicted octanol–water partition coefficient (Wildman–Crippen LogP) is 2.82. The van der Waals surface area contributed by atoms with Crippen molar-refractivity contribution in [2.24, 2.45) is 5.92 Å². The maximum absolute atomic E-state index is 11.2. The van der Waals surface area contributed by atoms with Crippen LogP contribution >= 0.6 is 15.9 Å². The van der Waals surface area contributed by atoms with Crippen LogP contribution in [0.25, 0.3) is 0 Å². The normalized spacial score (nSPS) is 10.3. The number of urea groups is 1. The molecule has 1 heterocycles. The Labute approximate surface area is 91.2 Å². The highest BCUT2D eigenvalue weighted by atomic mass is 79.9. The third kappa shape index (κ3) is 3.83. The first kappa shape index (κ1) is 11.1. The number of amides is 2. The minimum atomic E-state index is -0.249. The molecule has 14 heavy (non-hydrogen) atoms. The van der Waals surface area contributed by atoms with E-state index in [1.54, 1.807) is 12.1 Å². The molecule has 1 rings (SSSR count). The molecule has 0 unspecified atom stereocenters. The number of anilines is 1. The van der Waals surface area contributed by atoms with Crippen LogP contribution in [0, 0.1) is 5.92 Å². The van der Waals surface area contributed by atoms with Crippen LogP contribution in [-0.2, 0) is 0 Å². The summed E-state index contributed by atoms with van der Waals surface area (Å²) in [5, 5.41) is 5.29. The Morgan fingerprint density at radius 1 is 1.57 bits per heavy atom. The van der Waals surface area contributed by atoms with Crippen molar-refractivity contribution in [1.29, 1.82) is 0 Å². The number of rotatable bonds is 3. The van der Waals surface area contributed by atoms with Gasteiger partial charge < -0.3 is 9.73 Å². The van der Waals surface area contributed by atoms with Crippen LogP contribution in [0.1, 0.15) is 13.8 Å². The van der Waals surface area contributed by atoms with Gasteiger partial charge >= 0.3 is 6.03 Å². The Morgan fingerprint density at radius 2 is 2.29 bits per heavy atom. The van der Waals surface area contributed by atoms with Crippen LogP contribution in [-0.4, -0.2) is 12.6 Å². The maximum atomic E-state index is 11.2. The fourth-order valence-corrected chi connectivity index (χ4v) is 1.14. The van der Waals surface area contributed by atoms with E-state index in [9.17, 15) is 4.79 Å². The molecule has 0 bridgehead atoms. The lowest BCUT2D eigenvalue weighted by Gasteiger charge is -2.07. The summed E-state index contributed by atoms with van der Waals surface area (Å²) in [5.74, 6) is 0.863. The van der Waals surface area contributed by atoms with E-state index in [-0.39, 0.29) is 6.03 Å². The predicted molar refractivity (Wildman–Crippen MR) is 58.3 cm³/mol. The van der Waals surface area contributed by atoms with Gasteiger partial charge in [0.1, 0.15) is 0 Å². The quantitative estimate of drug-likeness (QED) is 0.878. The molecule has 1 aromatic heterocycles. The van der Waals surface area contributed by atoms with Gasteiger partial charge in [-0.15, -0.1) is 0 Å². The van der Waals surface area contributed by atoms with Crippen LogP contribution in [0.2, 0.25) is 0 Å². The third-order valence-electron chi connectivity index (χ3n) is 1.48. The number of nitrogens with one attached hydrogen (secondary N) is 2. The maximum Gasteiger partial charge on any atom is 0.321 e. The first-order valence-corrected chi connectivity index (χ1v) is 5.17. The summed E-state index contributed by atoms with van der Waals surface area (Å²) in [7, 11) is 0. The van der Waals surface area contributed by atoms with E-state index in [1.165, 1.54) is 0 Å². The number of halogens is 1. The molecule has 4 nitrogen and oxygen atoms in total. The summed E-state index contributed by atoms with van der Waals surface area (Å²) in [5.41, 5.74) is 0. The molecule has 0 saturated heterocycles. The molecular formula is C9H13BrN2O2. The third-order valence-corrected chi connectivity index (χ3v) is 1.91. The molecule has 2 N–H and O–H groups in total. The molecular weight excluding hydrogens is 248 g/mol. The van der Waals surface area contributed by atoms with Gasteiger partial charge in [0.05, 0.1) is 0 Å². The Balaban J connectivity index is 2.34. The Morgan fingerprint density at radius 3 is 2.79 bits per heavy atom. The molecule has 78 valence electrons. The average Bonchev–Trinajstić information content (AvgIpc) is 2.48. The number of hydrogen-bond acceptors (Lipinski definition) is 2. The first-order valence-electron chi connectivity index (χ1n) is 4.38. The van der Waals surface area contributed by atoms with Crippen molar-refractivity contribution in [2.75, 3.05) is 11.9 Å². The molecule has 0 atom stereocenters. The van der Waals surface area contributed by atoms with Gasteiger partial charge in [-0.1, -0.05) is 13.8 Å². The standard InChI is InChI=1S/C9H13BrN2O2/c1-6(2)5-11-9(13)12-8-4-3-7(10)14-8/h3-4,6H,5H2,1-2H3,(H2,11,12,13). The van der Waals surface area contributed by atoms with E-state index in [1.807, 2.05) is 13.8 Å². The number of furan rings is 1. The molecule has 0 saturated carbocycles. The van der Waals surface area contributed by atoms with E-state index >= 15 is 0 Å². The van der Waals surface area contributed by atoms with Crippen molar-refractivity contribution in [3.63, 3.8) is 0 Å². The second kappa shape index (κ2) is 5.05. The monoisotopic (exact) mass is 260 g/mol. The number of carbonyl (C=O) groups excluding carboxylic acids is 1. The lowest BCUT2D eigenvalue weighted by molar-refractivity contribution is 0.250. The Bertz CT molecular complexity index is 310. The SMILES string of the molecule is CC(C)CNC(=O)Nc1ccc(Br)o1. The van der Waals surface area contributed by atoms with E-state index in [4.69, 9.17) is 4.42 Å². The zero-order chi connectivity index (χ0) is 10.6. The summed E-state index contributed by atoms with van der Waals surface area (Å²) < 4.78 is 5.70. The summed E-state index contributed by atoms with van der Waals surface area (Å²) in [6.45, 7) is 4.71. The minimum absolute atomic E-state index is 0.249. The van der Waals surface area contributed by atoms with Crippen molar-refractivity contribution >= 4 is 27.8 Å². The van der Waals surface area contributed by atoms with Crippen molar-refractivity contribution in [3.05, 3.63) is 16.8 Å². The van der Waals surface area contributed by atoms with Crippen LogP contribution in [0.15, 0.2) is 21.2 Å². The van der Waals surface area contributed by atoms with Gasteiger partial charge in [-0.2, -0.15) is 0 Å². The molecule has 0 radical (unpaired) electrons. The molecule has 0 aliphatic carbocycles. The smallest absolute Gasteiger partial charge is 0.321 e. The zero-order valence-corrected chi connectivity index (χ0v) is 9.72. The zero-order valence-electron chi connectivity index (χ0n) is 8.13. The van der Waals surface area contributed by atoms with Gasteiger partial charge in [0.15, 0.2) is 4.67 Å². The number of carbonyl (C=O) groups is 1. The highest BCUT2D eigenvalue weighted by Gasteiger charge is 2.04. The van der Waals surface area contributed by atoms with Gasteiger partial charge in [0.25, 0.3) is 0 Å². The first-order chi connectivity index (χ1) is 6.58. The molecule has 0 spiro atoms. The van der Waals surface area contributed by atoms with E-state index in [0.29, 0.717) is 23.0 Å². The van der Waals surface area contributed by atoms with Gasteiger partial charge in [0, 0.05) is 12.6 Å². The van der Waals surface area contributed by atoms with E-state index < -0.39 is 0 Å².